The van der Waals surface area contributed by atoms with Crippen molar-refractivity contribution in [2.75, 3.05) is 45.0 Å². The van der Waals surface area contributed by atoms with Crippen molar-refractivity contribution >= 4 is 56.6 Å². The average Bonchev–Trinajstić information content (AvgIpc) is 3.97. The van der Waals surface area contributed by atoms with Gasteiger partial charge in [-0.05, 0) is 101 Å². The highest BCUT2D eigenvalue weighted by Gasteiger charge is 2.38. The van der Waals surface area contributed by atoms with E-state index in [9.17, 15) is 0 Å². The fraction of sp³-hybridized carbons (Fsp3) is 0.391. The van der Waals surface area contributed by atoms with Crippen LogP contribution in [0.5, 0.6) is 5.75 Å². The number of carbonyl (C=O) groups is 1. The number of aromatic nitrogens is 7. The zero-order chi connectivity index (χ0) is 42.0. The molecule has 1 saturated heterocycles. The highest BCUT2D eigenvalue weighted by molar-refractivity contribution is 6.35. The summed E-state index contributed by atoms with van der Waals surface area (Å²) in [7, 11) is 3.66. The SMILES string of the molecule is COCCn1cc(N2C[C@@H](C)n3c(c(CCCOc4cc(C)c(Cl)c(C)c4)c4ccc(Cl)c(-c5c(C)nn(C)c5C)c43)C2=O)c2cc(-c3ncn(CC4COC4)n3)ccc21. The number of fused-ring (bicyclic) bond motifs is 4. The first-order valence-corrected chi connectivity index (χ1v) is 21.4. The smallest absolute Gasteiger partial charge is 0.275 e. The molecule has 0 bridgehead atoms. The molecule has 1 amide bonds. The fourth-order valence-electron chi connectivity index (χ4n) is 9.11. The van der Waals surface area contributed by atoms with E-state index in [4.69, 9.17) is 47.6 Å². The maximum Gasteiger partial charge on any atom is 0.275 e. The summed E-state index contributed by atoms with van der Waals surface area (Å²) in [6.45, 7) is 14.6. The zero-order valence-electron chi connectivity index (χ0n) is 35.2. The number of ether oxygens (including phenoxy) is 3. The molecule has 9 rings (SSSR count). The lowest BCUT2D eigenvalue weighted by Crippen LogP contribution is -2.42. The van der Waals surface area contributed by atoms with Gasteiger partial charge in [-0.15, -0.1) is 0 Å². The molecule has 0 spiro atoms. The van der Waals surface area contributed by atoms with Gasteiger partial charge in [-0.2, -0.15) is 10.2 Å². The summed E-state index contributed by atoms with van der Waals surface area (Å²) in [4.78, 5) is 22.1. The van der Waals surface area contributed by atoms with E-state index < -0.39 is 0 Å². The molecule has 6 heterocycles. The standard InChI is InChI=1S/C46H50Cl2N8O4/c1-26-17-33(18-27(2)42(26)48)60-15-8-9-34-35-11-12-37(47)41(40-29(4)50-52(6)30(40)5)43(35)56-28(3)20-55(46(57)44(34)56)39-22-53(14-16-58-7)38-13-10-32(19-36(38)39)45-49-25-54(51-45)21-31-23-59-24-31/h10-13,17-19,22,25,28,31H,8-9,14-16,20-21,23-24H2,1-7H3/t28-/m1/s1. The molecule has 14 heteroatoms. The van der Waals surface area contributed by atoms with Crippen LogP contribution in [0.1, 0.15) is 58.0 Å². The lowest BCUT2D eigenvalue weighted by molar-refractivity contribution is -0.0408. The van der Waals surface area contributed by atoms with E-state index in [2.05, 4.69) is 58.4 Å². The van der Waals surface area contributed by atoms with E-state index in [1.807, 2.05) is 60.3 Å². The molecule has 0 aliphatic carbocycles. The van der Waals surface area contributed by atoms with Crippen LogP contribution >= 0.6 is 23.2 Å². The van der Waals surface area contributed by atoms with Crippen molar-refractivity contribution in [3.63, 3.8) is 0 Å². The molecule has 0 unspecified atom stereocenters. The van der Waals surface area contributed by atoms with Crippen LogP contribution in [0.3, 0.4) is 0 Å². The lowest BCUT2D eigenvalue weighted by atomic mass is 9.98. The average molecular weight is 850 g/mol. The summed E-state index contributed by atoms with van der Waals surface area (Å²) < 4.78 is 25.4. The summed E-state index contributed by atoms with van der Waals surface area (Å²) in [5.74, 6) is 1.81. The monoisotopic (exact) mass is 848 g/mol. The zero-order valence-corrected chi connectivity index (χ0v) is 36.7. The van der Waals surface area contributed by atoms with Crippen LogP contribution in [0.25, 0.3) is 44.3 Å². The molecule has 7 aromatic rings. The van der Waals surface area contributed by atoms with Crippen LogP contribution in [0.2, 0.25) is 10.0 Å². The largest absolute Gasteiger partial charge is 0.494 e. The van der Waals surface area contributed by atoms with Crippen LogP contribution in [0, 0.1) is 33.6 Å². The first-order chi connectivity index (χ1) is 28.9. The molecule has 3 aromatic carbocycles. The Kier molecular flexibility index (Phi) is 10.8. The predicted octanol–water partition coefficient (Wildman–Crippen LogP) is 9.32. The van der Waals surface area contributed by atoms with E-state index in [1.54, 1.807) is 13.4 Å². The molecule has 1 atom stereocenters. The Bertz CT molecular complexity index is 2770. The second-order valence-electron chi connectivity index (χ2n) is 16.4. The van der Waals surface area contributed by atoms with E-state index in [0.717, 1.165) is 103 Å². The number of nitrogens with zero attached hydrogens (tertiary/aromatic N) is 8. The Morgan fingerprint density at radius 2 is 1.73 bits per heavy atom. The maximum atomic E-state index is 15.5. The van der Waals surface area contributed by atoms with Gasteiger partial charge in [0.2, 0.25) is 0 Å². The van der Waals surface area contributed by atoms with Crippen LogP contribution in [0.15, 0.2) is 55.0 Å². The number of rotatable bonds is 13. The van der Waals surface area contributed by atoms with Crippen molar-refractivity contribution in [2.45, 2.75) is 66.6 Å². The van der Waals surface area contributed by atoms with Gasteiger partial charge in [-0.25, -0.2) is 4.98 Å². The molecule has 2 aliphatic rings. The molecular formula is C46H50Cl2N8O4. The third kappa shape index (κ3) is 6.97. The van der Waals surface area contributed by atoms with Gasteiger partial charge in [0.25, 0.3) is 5.91 Å². The lowest BCUT2D eigenvalue weighted by Gasteiger charge is -2.34. The number of methoxy groups -OCH3 is 1. The highest BCUT2D eigenvalue weighted by Crippen LogP contribution is 2.46. The first kappa shape index (κ1) is 40.3. The first-order valence-electron chi connectivity index (χ1n) is 20.6. The van der Waals surface area contributed by atoms with E-state index in [1.165, 1.54) is 0 Å². The van der Waals surface area contributed by atoms with Crippen LogP contribution in [-0.4, -0.2) is 79.7 Å². The molecule has 2 aliphatic heterocycles. The number of anilines is 1. The van der Waals surface area contributed by atoms with Crippen molar-refractivity contribution in [3.8, 4) is 28.3 Å². The minimum absolute atomic E-state index is 0.0628. The Morgan fingerprint density at radius 1 is 0.950 bits per heavy atom. The topological polar surface area (TPSA) is 106 Å². The van der Waals surface area contributed by atoms with Crippen molar-refractivity contribution in [3.05, 3.63) is 98.8 Å². The second kappa shape index (κ2) is 16.0. The summed E-state index contributed by atoms with van der Waals surface area (Å²) >= 11 is 13.6. The Balaban J connectivity index is 1.15. The summed E-state index contributed by atoms with van der Waals surface area (Å²) in [5, 5.41) is 12.9. The molecule has 312 valence electrons. The molecular weight excluding hydrogens is 799 g/mol. The number of halogens is 2. The summed E-state index contributed by atoms with van der Waals surface area (Å²) in [5.41, 5.74) is 11.1. The van der Waals surface area contributed by atoms with Gasteiger partial charge in [-0.1, -0.05) is 29.3 Å². The fourth-order valence-corrected chi connectivity index (χ4v) is 9.47. The van der Waals surface area contributed by atoms with Crippen molar-refractivity contribution < 1.29 is 19.0 Å². The van der Waals surface area contributed by atoms with Crippen LogP contribution in [0.4, 0.5) is 5.69 Å². The van der Waals surface area contributed by atoms with Gasteiger partial charge in [-0.3, -0.25) is 14.2 Å². The minimum Gasteiger partial charge on any atom is -0.494 e. The molecule has 12 nitrogen and oxygen atoms in total. The Labute approximate surface area is 359 Å². The number of hydrogen-bond acceptors (Lipinski definition) is 7. The molecule has 60 heavy (non-hydrogen) atoms. The van der Waals surface area contributed by atoms with Gasteiger partial charge in [0.15, 0.2) is 5.82 Å². The predicted molar refractivity (Wildman–Crippen MR) is 237 cm³/mol. The van der Waals surface area contributed by atoms with E-state index >= 15 is 4.79 Å². The number of amides is 1. The van der Waals surface area contributed by atoms with Crippen LogP contribution in [-0.2, 0) is 36.0 Å². The van der Waals surface area contributed by atoms with Gasteiger partial charge in [0, 0.05) is 90.1 Å². The quantitative estimate of drug-likeness (QED) is 0.107. The number of hydrogen-bond donors (Lipinski definition) is 0. The van der Waals surface area contributed by atoms with Crippen LogP contribution < -0.4 is 9.64 Å². The van der Waals surface area contributed by atoms with Gasteiger partial charge in [0.05, 0.1) is 53.9 Å². The van der Waals surface area contributed by atoms with Crippen molar-refractivity contribution in [2.24, 2.45) is 13.0 Å². The van der Waals surface area contributed by atoms with E-state index in [0.29, 0.717) is 61.6 Å². The number of carbonyl (C=O) groups excluding carboxylic acids is 1. The molecule has 1 fully saturated rings. The van der Waals surface area contributed by atoms with Crippen molar-refractivity contribution in [1.29, 1.82) is 0 Å². The second-order valence-corrected chi connectivity index (χ2v) is 17.2. The number of benzene rings is 3. The highest BCUT2D eigenvalue weighted by atomic mass is 35.5. The summed E-state index contributed by atoms with van der Waals surface area (Å²) in [6, 6.07) is 14.2. The van der Waals surface area contributed by atoms with Crippen molar-refractivity contribution in [1.82, 2.24) is 33.7 Å². The third-order valence-electron chi connectivity index (χ3n) is 12.2. The van der Waals surface area contributed by atoms with E-state index in [-0.39, 0.29) is 11.9 Å². The Hall–Kier alpha value is -5.14. The molecule has 0 N–H and O–H groups in total. The van der Waals surface area contributed by atoms with Gasteiger partial charge >= 0.3 is 0 Å². The molecule has 0 radical (unpaired) electrons. The third-order valence-corrected chi connectivity index (χ3v) is 13.1. The molecule has 4 aromatic heterocycles. The van der Waals surface area contributed by atoms with Gasteiger partial charge in [0.1, 0.15) is 17.8 Å². The normalized spacial score (nSPS) is 15.7. The maximum absolute atomic E-state index is 15.5. The van der Waals surface area contributed by atoms with Gasteiger partial charge < -0.3 is 28.2 Å². The summed E-state index contributed by atoms with van der Waals surface area (Å²) in [6.07, 6.45) is 5.18. The number of aryl methyl sites for hydroxylation is 5. The minimum atomic E-state index is -0.104. The Morgan fingerprint density at radius 3 is 2.43 bits per heavy atom. The molecule has 0 saturated carbocycles.